The van der Waals surface area contributed by atoms with E-state index in [0.29, 0.717) is 6.07 Å². The molecule has 0 aliphatic heterocycles. The largest absolute Gasteiger partial charge is 0.319 e. The molecule has 0 bridgehead atoms. The highest BCUT2D eigenvalue weighted by molar-refractivity contribution is 6.32. The van der Waals surface area contributed by atoms with Gasteiger partial charge in [-0.2, -0.15) is 0 Å². The predicted molar refractivity (Wildman–Crippen MR) is 68.3 cm³/mol. The fourth-order valence-corrected chi connectivity index (χ4v) is 1.68. The van der Waals surface area contributed by atoms with Crippen LogP contribution in [0.15, 0.2) is 24.4 Å². The Kier molecular flexibility index (Phi) is 3.94. The normalized spacial score (nSPS) is 10.4. The number of nitrogens with zero attached hydrogens (tertiary/aromatic N) is 1. The lowest BCUT2D eigenvalue weighted by Crippen LogP contribution is -2.15. The molecule has 0 spiro atoms. The van der Waals surface area contributed by atoms with Crippen molar-refractivity contribution in [2.24, 2.45) is 0 Å². The van der Waals surface area contributed by atoms with Crippen molar-refractivity contribution < 1.29 is 18.0 Å². The maximum absolute atomic E-state index is 13.5. The Labute approximate surface area is 117 Å². The third-order valence-corrected chi connectivity index (χ3v) is 2.80. The van der Waals surface area contributed by atoms with Crippen molar-refractivity contribution in [1.82, 2.24) is 4.98 Å². The Morgan fingerprint density at radius 2 is 1.95 bits per heavy atom. The van der Waals surface area contributed by atoms with Crippen LogP contribution >= 0.6 is 11.6 Å². The van der Waals surface area contributed by atoms with E-state index in [4.69, 9.17) is 11.6 Å². The summed E-state index contributed by atoms with van der Waals surface area (Å²) < 4.78 is 39.3. The van der Waals surface area contributed by atoms with Gasteiger partial charge in [-0.05, 0) is 30.7 Å². The van der Waals surface area contributed by atoms with E-state index in [2.05, 4.69) is 10.3 Å². The summed E-state index contributed by atoms with van der Waals surface area (Å²) in [6.07, 6.45) is 1.48. The lowest BCUT2D eigenvalue weighted by molar-refractivity contribution is 0.102. The number of carbonyl (C=O) groups excluding carboxylic acids is 1. The molecule has 0 saturated heterocycles. The molecule has 1 N–H and O–H groups in total. The van der Waals surface area contributed by atoms with Gasteiger partial charge in [0.1, 0.15) is 0 Å². The number of aryl methyl sites for hydroxylation is 1. The minimum absolute atomic E-state index is 0.00643. The molecule has 1 aromatic heterocycles. The summed E-state index contributed by atoms with van der Waals surface area (Å²) >= 11 is 5.77. The minimum Gasteiger partial charge on any atom is -0.319 e. The number of benzene rings is 1. The molecular weight excluding hydrogens is 293 g/mol. The number of aromatic nitrogens is 1. The van der Waals surface area contributed by atoms with E-state index in [0.717, 1.165) is 11.6 Å². The highest BCUT2D eigenvalue weighted by Crippen LogP contribution is 2.22. The highest BCUT2D eigenvalue weighted by atomic mass is 35.5. The van der Waals surface area contributed by atoms with Crippen LogP contribution in [-0.4, -0.2) is 10.9 Å². The number of halogens is 4. The molecule has 3 nitrogen and oxygen atoms in total. The minimum atomic E-state index is -1.70. The molecule has 1 aromatic carbocycles. The molecule has 0 atom stereocenters. The number of pyridine rings is 1. The molecule has 0 aliphatic carbocycles. The molecule has 0 unspecified atom stereocenters. The van der Waals surface area contributed by atoms with Crippen LogP contribution < -0.4 is 5.32 Å². The zero-order valence-electron chi connectivity index (χ0n) is 10.2. The number of carbonyl (C=O) groups is 1. The zero-order valence-corrected chi connectivity index (χ0v) is 10.9. The van der Waals surface area contributed by atoms with Gasteiger partial charge in [0.2, 0.25) is 0 Å². The summed E-state index contributed by atoms with van der Waals surface area (Å²) in [5, 5.41) is 2.30. The molecule has 2 aromatic rings. The van der Waals surface area contributed by atoms with Gasteiger partial charge in [0, 0.05) is 6.20 Å². The second-order valence-corrected chi connectivity index (χ2v) is 4.39. The molecule has 2 rings (SSSR count). The first kappa shape index (κ1) is 14.3. The van der Waals surface area contributed by atoms with Gasteiger partial charge in [0.05, 0.1) is 11.3 Å². The van der Waals surface area contributed by atoms with Crippen molar-refractivity contribution in [1.29, 1.82) is 0 Å². The average Bonchev–Trinajstić information content (AvgIpc) is 2.40. The van der Waals surface area contributed by atoms with Crippen LogP contribution in [0, 0.1) is 24.4 Å². The van der Waals surface area contributed by atoms with Gasteiger partial charge < -0.3 is 5.32 Å². The Morgan fingerprint density at radius 1 is 1.25 bits per heavy atom. The number of nitrogens with one attached hydrogen (secondary N) is 1. The van der Waals surface area contributed by atoms with Gasteiger partial charge in [0.15, 0.2) is 22.6 Å². The quantitative estimate of drug-likeness (QED) is 0.678. The fourth-order valence-electron chi connectivity index (χ4n) is 1.53. The van der Waals surface area contributed by atoms with Crippen LogP contribution in [0.2, 0.25) is 5.15 Å². The SMILES string of the molecule is Cc1cnc(Cl)c(NC(=O)c2ccc(F)c(F)c2F)c1. The summed E-state index contributed by atoms with van der Waals surface area (Å²) in [6, 6.07) is 3.04. The van der Waals surface area contributed by atoms with E-state index in [1.165, 1.54) is 12.3 Å². The molecule has 0 fully saturated rings. The molecule has 20 heavy (non-hydrogen) atoms. The molecule has 0 saturated carbocycles. The zero-order chi connectivity index (χ0) is 14.9. The van der Waals surface area contributed by atoms with Crippen molar-refractivity contribution in [2.45, 2.75) is 6.92 Å². The second-order valence-electron chi connectivity index (χ2n) is 4.03. The van der Waals surface area contributed by atoms with Gasteiger partial charge in [0.25, 0.3) is 5.91 Å². The number of amides is 1. The van der Waals surface area contributed by atoms with Crippen LogP contribution in [0.3, 0.4) is 0 Å². The lowest BCUT2D eigenvalue weighted by atomic mass is 10.1. The summed E-state index contributed by atoms with van der Waals surface area (Å²) in [5.41, 5.74) is 0.248. The van der Waals surface area contributed by atoms with Crippen molar-refractivity contribution >= 4 is 23.2 Å². The molecular formula is C13H8ClF3N2O. The van der Waals surface area contributed by atoms with E-state index in [1.54, 1.807) is 6.92 Å². The maximum atomic E-state index is 13.5. The smallest absolute Gasteiger partial charge is 0.258 e. The summed E-state index contributed by atoms with van der Waals surface area (Å²) in [6.45, 7) is 1.72. The van der Waals surface area contributed by atoms with Gasteiger partial charge >= 0.3 is 0 Å². The van der Waals surface area contributed by atoms with Crippen LogP contribution in [-0.2, 0) is 0 Å². The van der Waals surface area contributed by atoms with Crippen molar-refractivity contribution in [3.63, 3.8) is 0 Å². The summed E-state index contributed by atoms with van der Waals surface area (Å²) in [4.78, 5) is 15.6. The van der Waals surface area contributed by atoms with E-state index in [9.17, 15) is 18.0 Å². The lowest BCUT2D eigenvalue weighted by Gasteiger charge is -2.08. The van der Waals surface area contributed by atoms with Crippen molar-refractivity contribution in [3.8, 4) is 0 Å². The van der Waals surface area contributed by atoms with Crippen LogP contribution in [0.1, 0.15) is 15.9 Å². The molecule has 104 valence electrons. The third kappa shape index (κ3) is 2.75. The predicted octanol–water partition coefficient (Wildman–Crippen LogP) is 3.71. The van der Waals surface area contributed by atoms with Crippen molar-refractivity contribution in [2.75, 3.05) is 5.32 Å². The van der Waals surface area contributed by atoms with Crippen LogP contribution in [0.5, 0.6) is 0 Å². The molecule has 0 aliphatic rings. The number of hydrogen-bond donors (Lipinski definition) is 1. The molecule has 1 amide bonds. The summed E-state index contributed by atoms with van der Waals surface area (Å²) in [5.74, 6) is -5.57. The first-order valence-electron chi connectivity index (χ1n) is 5.47. The topological polar surface area (TPSA) is 42.0 Å². The number of hydrogen-bond acceptors (Lipinski definition) is 2. The van der Waals surface area contributed by atoms with E-state index in [-0.39, 0.29) is 10.8 Å². The Balaban J connectivity index is 2.33. The fraction of sp³-hybridized carbons (Fsp3) is 0.0769. The monoisotopic (exact) mass is 300 g/mol. The molecule has 7 heteroatoms. The Bertz CT molecular complexity index is 692. The van der Waals surface area contributed by atoms with Gasteiger partial charge in [-0.25, -0.2) is 18.2 Å². The second kappa shape index (κ2) is 5.50. The maximum Gasteiger partial charge on any atom is 0.258 e. The Hall–Kier alpha value is -2.08. The van der Waals surface area contributed by atoms with Gasteiger partial charge in [-0.1, -0.05) is 11.6 Å². The Morgan fingerprint density at radius 3 is 2.65 bits per heavy atom. The first-order chi connectivity index (χ1) is 9.40. The highest BCUT2D eigenvalue weighted by Gasteiger charge is 2.19. The van der Waals surface area contributed by atoms with E-state index < -0.39 is 28.9 Å². The van der Waals surface area contributed by atoms with Crippen LogP contribution in [0.25, 0.3) is 0 Å². The van der Waals surface area contributed by atoms with Gasteiger partial charge in [-0.3, -0.25) is 4.79 Å². The van der Waals surface area contributed by atoms with Crippen molar-refractivity contribution in [3.05, 3.63) is 58.1 Å². The summed E-state index contributed by atoms with van der Waals surface area (Å²) in [7, 11) is 0. The van der Waals surface area contributed by atoms with Crippen LogP contribution in [0.4, 0.5) is 18.9 Å². The molecule has 0 radical (unpaired) electrons. The standard InChI is InChI=1S/C13H8ClF3N2O/c1-6-4-9(12(14)18-5-6)19-13(20)7-2-3-8(15)11(17)10(7)16/h2-5H,1H3,(H,19,20). The van der Waals surface area contributed by atoms with E-state index in [1.807, 2.05) is 0 Å². The van der Waals surface area contributed by atoms with E-state index >= 15 is 0 Å². The average molecular weight is 301 g/mol. The number of rotatable bonds is 2. The number of anilines is 1. The molecule has 1 heterocycles. The third-order valence-electron chi connectivity index (χ3n) is 2.50. The first-order valence-corrected chi connectivity index (χ1v) is 5.85. The van der Waals surface area contributed by atoms with Gasteiger partial charge in [-0.15, -0.1) is 0 Å².